The van der Waals surface area contributed by atoms with Crippen LogP contribution in [0.15, 0.2) is 152 Å². The Balaban J connectivity index is 1.29. The van der Waals surface area contributed by atoms with Gasteiger partial charge in [-0.1, -0.05) is 109 Å². The summed E-state index contributed by atoms with van der Waals surface area (Å²) >= 11 is 1.83. The number of benzene rings is 7. The van der Waals surface area contributed by atoms with Crippen LogP contribution in [0, 0.1) is 0 Å². The fourth-order valence-corrected chi connectivity index (χ4v) is 8.14. The van der Waals surface area contributed by atoms with Gasteiger partial charge in [-0.05, 0) is 64.4 Å². The quantitative estimate of drug-likeness (QED) is 0.201. The van der Waals surface area contributed by atoms with E-state index in [1.165, 1.54) is 47.3 Å². The number of hydrogen-bond acceptors (Lipinski definition) is 3. The van der Waals surface area contributed by atoms with Crippen LogP contribution in [0.3, 0.4) is 0 Å². The predicted molar refractivity (Wildman–Crippen MR) is 195 cm³/mol. The van der Waals surface area contributed by atoms with Crippen LogP contribution in [0.4, 0.5) is 0 Å². The van der Waals surface area contributed by atoms with Crippen molar-refractivity contribution in [3.63, 3.8) is 0 Å². The number of para-hydroxylation sites is 1. The molecular weight excluding hydrogens is 579 g/mol. The first-order valence-electron chi connectivity index (χ1n) is 15.5. The molecule has 3 nitrogen and oxygen atoms in total. The van der Waals surface area contributed by atoms with E-state index >= 15 is 0 Å². The Morgan fingerprint density at radius 2 is 1.11 bits per heavy atom. The lowest BCUT2D eigenvalue weighted by molar-refractivity contribution is 1.01. The van der Waals surface area contributed by atoms with Crippen molar-refractivity contribution in [2.24, 2.45) is 0 Å². The summed E-state index contributed by atoms with van der Waals surface area (Å²) in [5.74, 6) is 0.672. The second-order valence-corrected chi connectivity index (χ2v) is 12.9. The van der Waals surface area contributed by atoms with Gasteiger partial charge in [0, 0.05) is 41.9 Å². The normalized spacial score (nSPS) is 11.9. The molecule has 0 aliphatic rings. The minimum absolute atomic E-state index is 0.672. The van der Waals surface area contributed by atoms with Crippen molar-refractivity contribution in [1.29, 1.82) is 0 Å². The smallest absolute Gasteiger partial charge is 0.235 e. The maximum Gasteiger partial charge on any atom is 0.235 e. The largest absolute Gasteiger partial charge is 0.278 e. The van der Waals surface area contributed by atoms with Gasteiger partial charge in [-0.25, -0.2) is 9.97 Å². The van der Waals surface area contributed by atoms with Crippen LogP contribution >= 0.6 is 11.3 Å². The van der Waals surface area contributed by atoms with Crippen LogP contribution < -0.4 is 0 Å². The van der Waals surface area contributed by atoms with E-state index < -0.39 is 0 Å². The van der Waals surface area contributed by atoms with Gasteiger partial charge in [-0.15, -0.1) is 11.3 Å². The van der Waals surface area contributed by atoms with E-state index in [9.17, 15) is 0 Å². The van der Waals surface area contributed by atoms with Crippen LogP contribution in [-0.2, 0) is 0 Å². The molecule has 7 aromatic carbocycles. The Kier molecular flexibility index (Phi) is 5.45. The number of aromatic nitrogens is 3. The Morgan fingerprint density at radius 1 is 0.413 bits per heavy atom. The molecule has 0 fully saturated rings. The van der Waals surface area contributed by atoms with Gasteiger partial charge in [-0.2, -0.15) is 0 Å². The third-order valence-electron chi connectivity index (χ3n) is 9.18. The molecule has 0 saturated heterocycles. The van der Waals surface area contributed by atoms with Crippen molar-refractivity contribution in [3.05, 3.63) is 152 Å². The molecule has 0 N–H and O–H groups in total. The van der Waals surface area contributed by atoms with E-state index in [0.717, 1.165) is 38.8 Å². The van der Waals surface area contributed by atoms with Crippen LogP contribution in [0.1, 0.15) is 0 Å². The third kappa shape index (κ3) is 3.84. The second-order valence-electron chi connectivity index (χ2n) is 11.8. The topological polar surface area (TPSA) is 30.7 Å². The van der Waals surface area contributed by atoms with Crippen LogP contribution in [0.5, 0.6) is 0 Å². The minimum Gasteiger partial charge on any atom is -0.278 e. The lowest BCUT2D eigenvalue weighted by Gasteiger charge is -2.13. The molecule has 3 heterocycles. The van der Waals surface area contributed by atoms with Gasteiger partial charge in [0.05, 0.1) is 22.2 Å². The van der Waals surface area contributed by atoms with E-state index in [1.807, 2.05) is 11.3 Å². The van der Waals surface area contributed by atoms with Crippen LogP contribution in [0.2, 0.25) is 0 Å². The number of nitrogens with zero attached hydrogens (tertiary/aromatic N) is 3. The lowest BCUT2D eigenvalue weighted by atomic mass is 10.0. The minimum atomic E-state index is 0.672. The Morgan fingerprint density at radius 3 is 2.00 bits per heavy atom. The molecule has 10 rings (SSSR count). The summed E-state index contributed by atoms with van der Waals surface area (Å²) in [6, 6.07) is 54.2. The summed E-state index contributed by atoms with van der Waals surface area (Å²) in [6.07, 6.45) is 0. The molecule has 0 unspecified atom stereocenters. The van der Waals surface area contributed by atoms with Gasteiger partial charge < -0.3 is 0 Å². The lowest BCUT2D eigenvalue weighted by Crippen LogP contribution is -2.03. The molecule has 0 spiro atoms. The molecule has 0 aliphatic carbocycles. The van der Waals surface area contributed by atoms with Crippen molar-refractivity contribution in [3.8, 4) is 28.3 Å². The zero-order chi connectivity index (χ0) is 30.2. The van der Waals surface area contributed by atoms with Crippen molar-refractivity contribution in [2.45, 2.75) is 0 Å². The summed E-state index contributed by atoms with van der Waals surface area (Å²) in [5, 5.41) is 8.43. The van der Waals surface area contributed by atoms with E-state index in [-0.39, 0.29) is 0 Å². The summed E-state index contributed by atoms with van der Waals surface area (Å²) in [4.78, 5) is 10.7. The van der Waals surface area contributed by atoms with Gasteiger partial charge >= 0.3 is 0 Å². The van der Waals surface area contributed by atoms with E-state index in [4.69, 9.17) is 9.97 Å². The summed E-state index contributed by atoms with van der Waals surface area (Å²) in [6.45, 7) is 0. The highest BCUT2D eigenvalue weighted by Crippen LogP contribution is 2.39. The first kappa shape index (κ1) is 25.5. The van der Waals surface area contributed by atoms with Gasteiger partial charge in [-0.3, -0.25) is 4.57 Å². The number of rotatable bonds is 3. The zero-order valence-corrected chi connectivity index (χ0v) is 25.5. The van der Waals surface area contributed by atoms with Crippen molar-refractivity contribution < 1.29 is 0 Å². The molecule has 4 heteroatoms. The standard InChI is InChI=1S/C42H25N3S/c1-2-10-26(11-3-1)29-18-21-34-36(23-29)43-42(44-41(34)30-19-20-33-32-15-7-9-17-39(32)46-40(33)25-30)45-37-16-8-6-14-31(37)35-22-27-12-4-5-13-28(27)24-38(35)45/h1-25H. The Bertz CT molecular complexity index is 2810. The maximum absolute atomic E-state index is 5.41. The molecule has 3 aromatic heterocycles. The molecule has 10 aromatic rings. The first-order valence-corrected chi connectivity index (χ1v) is 16.3. The summed E-state index contributed by atoms with van der Waals surface area (Å²) < 4.78 is 4.80. The number of fused-ring (bicyclic) bond motifs is 8. The first-order chi connectivity index (χ1) is 22.8. The molecule has 0 aliphatic heterocycles. The molecule has 0 saturated carbocycles. The van der Waals surface area contributed by atoms with Gasteiger partial charge in [0.25, 0.3) is 0 Å². The monoisotopic (exact) mass is 603 g/mol. The van der Waals surface area contributed by atoms with Gasteiger partial charge in [0.15, 0.2) is 0 Å². The van der Waals surface area contributed by atoms with E-state index in [0.29, 0.717) is 5.95 Å². The molecule has 46 heavy (non-hydrogen) atoms. The molecule has 0 atom stereocenters. The van der Waals surface area contributed by atoms with Crippen LogP contribution in [0.25, 0.3) is 92.0 Å². The highest BCUT2D eigenvalue weighted by molar-refractivity contribution is 7.25. The molecular formula is C42H25N3S. The predicted octanol–water partition coefficient (Wildman–Crippen LogP) is 11.6. The Labute approximate surface area is 268 Å². The van der Waals surface area contributed by atoms with Gasteiger partial charge in [0.1, 0.15) is 0 Å². The number of hydrogen-bond donors (Lipinski definition) is 0. The second kappa shape index (κ2) is 9.83. The van der Waals surface area contributed by atoms with Crippen molar-refractivity contribution in [1.82, 2.24) is 14.5 Å². The SMILES string of the molecule is c1ccc(-c2ccc3c(-c4ccc5c(c4)sc4ccccc45)nc(-n4c5ccccc5c5cc6ccccc6cc54)nc3c2)cc1. The average Bonchev–Trinajstić information content (AvgIpc) is 3.65. The zero-order valence-electron chi connectivity index (χ0n) is 24.7. The third-order valence-corrected chi connectivity index (χ3v) is 10.3. The average molecular weight is 604 g/mol. The Hall–Kier alpha value is -5.84. The maximum atomic E-state index is 5.41. The molecule has 0 amide bonds. The summed E-state index contributed by atoms with van der Waals surface area (Å²) in [7, 11) is 0. The molecule has 214 valence electrons. The van der Waals surface area contributed by atoms with Crippen molar-refractivity contribution in [2.75, 3.05) is 0 Å². The highest BCUT2D eigenvalue weighted by Gasteiger charge is 2.19. The van der Waals surface area contributed by atoms with E-state index in [1.54, 1.807) is 0 Å². The highest BCUT2D eigenvalue weighted by atomic mass is 32.1. The fraction of sp³-hybridized carbons (Fsp3) is 0. The fourth-order valence-electron chi connectivity index (χ4n) is 6.99. The molecule has 0 radical (unpaired) electrons. The van der Waals surface area contributed by atoms with Crippen LogP contribution in [-0.4, -0.2) is 14.5 Å². The molecule has 0 bridgehead atoms. The summed E-state index contributed by atoms with van der Waals surface area (Å²) in [5.41, 5.74) is 7.45. The van der Waals surface area contributed by atoms with Crippen molar-refractivity contribution >= 4 is 75.0 Å². The van der Waals surface area contributed by atoms with Gasteiger partial charge in [0.2, 0.25) is 5.95 Å². The van der Waals surface area contributed by atoms with E-state index in [2.05, 4.69) is 156 Å². The number of thiophene rings is 1.